The van der Waals surface area contributed by atoms with Crippen LogP contribution in [0.3, 0.4) is 0 Å². The molecular formula is C35H42FN7O2. The van der Waals surface area contributed by atoms with Gasteiger partial charge in [-0.3, -0.25) is 4.79 Å². The van der Waals surface area contributed by atoms with Crippen LogP contribution < -0.4 is 14.5 Å². The molecule has 1 atom stereocenters. The minimum absolute atomic E-state index is 0.131. The molecule has 2 fully saturated rings. The summed E-state index contributed by atoms with van der Waals surface area (Å²) in [7, 11) is 4.18. The zero-order valence-electron chi connectivity index (χ0n) is 26.5. The van der Waals surface area contributed by atoms with Crippen LogP contribution in [0.2, 0.25) is 0 Å². The van der Waals surface area contributed by atoms with Gasteiger partial charge in [0.15, 0.2) is 0 Å². The van der Waals surface area contributed by atoms with Crippen molar-refractivity contribution in [2.75, 3.05) is 69.9 Å². The van der Waals surface area contributed by atoms with E-state index < -0.39 is 6.67 Å². The first-order valence-electron chi connectivity index (χ1n) is 15.9. The highest BCUT2D eigenvalue weighted by molar-refractivity contribution is 5.97. The molecule has 2 aromatic carbocycles. The lowest BCUT2D eigenvalue weighted by Crippen LogP contribution is -2.55. The van der Waals surface area contributed by atoms with Crippen molar-refractivity contribution < 1.29 is 13.9 Å². The Labute approximate surface area is 264 Å². The zero-order valence-corrected chi connectivity index (χ0v) is 26.5. The first kappa shape index (κ1) is 30.8. The maximum atomic E-state index is 12.8. The van der Waals surface area contributed by atoms with Crippen LogP contribution in [0.5, 0.6) is 6.01 Å². The second kappa shape index (κ2) is 13.0. The monoisotopic (exact) mass is 611 g/mol. The number of rotatable bonds is 10. The van der Waals surface area contributed by atoms with Crippen LogP contribution in [0, 0.1) is 23.7 Å². The number of halogens is 1. The van der Waals surface area contributed by atoms with Gasteiger partial charge in [0.1, 0.15) is 12.5 Å². The summed E-state index contributed by atoms with van der Waals surface area (Å²) in [5.74, 6) is 0.563. The van der Waals surface area contributed by atoms with Gasteiger partial charge in [-0.25, -0.2) is 4.39 Å². The minimum Gasteiger partial charge on any atom is -0.463 e. The summed E-state index contributed by atoms with van der Waals surface area (Å²) < 4.78 is 19.1. The highest BCUT2D eigenvalue weighted by Gasteiger charge is 2.44. The maximum absolute atomic E-state index is 12.8. The number of piperazine rings is 1. The third kappa shape index (κ3) is 6.59. The van der Waals surface area contributed by atoms with E-state index in [1.165, 1.54) is 34.2 Å². The average molecular weight is 612 g/mol. The normalized spacial score (nSPS) is 19.2. The number of anilines is 2. The first-order valence-corrected chi connectivity index (χ1v) is 15.9. The SMILES string of the molecule is Cc1cccc2cccc(N3CCc4c(nc(OCC5(CN(C)C)CC5)nc4N4CCN(C(=O)/C=C/CF)C(CC#N)C4)C3)c12. The molecular weight excluding hydrogens is 569 g/mol. The van der Waals surface area contributed by atoms with Gasteiger partial charge >= 0.3 is 6.01 Å². The van der Waals surface area contributed by atoms with Gasteiger partial charge in [0.2, 0.25) is 5.91 Å². The van der Waals surface area contributed by atoms with E-state index in [1.807, 2.05) is 0 Å². The van der Waals surface area contributed by atoms with E-state index in [1.54, 1.807) is 4.90 Å². The van der Waals surface area contributed by atoms with Crippen LogP contribution in [0.15, 0.2) is 48.6 Å². The van der Waals surface area contributed by atoms with Gasteiger partial charge in [-0.1, -0.05) is 30.3 Å². The second-order valence-electron chi connectivity index (χ2n) is 13.0. The van der Waals surface area contributed by atoms with Crippen LogP contribution in [0.1, 0.15) is 36.1 Å². The number of aryl methyl sites for hydroxylation is 1. The molecule has 45 heavy (non-hydrogen) atoms. The van der Waals surface area contributed by atoms with Crippen molar-refractivity contribution in [3.8, 4) is 12.1 Å². The van der Waals surface area contributed by atoms with Crippen LogP contribution >= 0.6 is 0 Å². The molecule has 1 unspecified atom stereocenters. The molecule has 0 spiro atoms. The van der Waals surface area contributed by atoms with Crippen molar-refractivity contribution in [1.82, 2.24) is 19.8 Å². The van der Waals surface area contributed by atoms with E-state index in [-0.39, 0.29) is 23.8 Å². The van der Waals surface area contributed by atoms with E-state index >= 15 is 0 Å². The third-order valence-electron chi connectivity index (χ3n) is 9.31. The summed E-state index contributed by atoms with van der Waals surface area (Å²) in [6.45, 7) is 5.87. The largest absolute Gasteiger partial charge is 0.463 e. The first-order chi connectivity index (χ1) is 21.8. The van der Waals surface area contributed by atoms with E-state index in [4.69, 9.17) is 14.7 Å². The molecule has 1 saturated heterocycles. The maximum Gasteiger partial charge on any atom is 0.318 e. The zero-order chi connectivity index (χ0) is 31.6. The summed E-state index contributed by atoms with van der Waals surface area (Å²) in [5.41, 5.74) is 4.62. The Balaban J connectivity index is 1.32. The van der Waals surface area contributed by atoms with E-state index in [9.17, 15) is 14.4 Å². The van der Waals surface area contributed by atoms with Crippen LogP contribution in [-0.4, -0.2) is 91.8 Å². The molecule has 0 bridgehead atoms. The summed E-state index contributed by atoms with van der Waals surface area (Å²) in [4.78, 5) is 31.3. The Morgan fingerprint density at radius 1 is 1.16 bits per heavy atom. The highest BCUT2D eigenvalue weighted by Crippen LogP contribution is 2.46. The molecule has 2 aliphatic heterocycles. The van der Waals surface area contributed by atoms with Crippen molar-refractivity contribution in [2.45, 2.75) is 45.2 Å². The second-order valence-corrected chi connectivity index (χ2v) is 13.0. The predicted molar refractivity (Wildman–Crippen MR) is 174 cm³/mol. The summed E-state index contributed by atoms with van der Waals surface area (Å²) >= 11 is 0. The quantitative estimate of drug-likeness (QED) is 0.306. The number of nitriles is 1. The number of nitrogens with zero attached hydrogens (tertiary/aromatic N) is 7. The third-order valence-corrected chi connectivity index (χ3v) is 9.31. The van der Waals surface area contributed by atoms with Gasteiger partial charge in [0.25, 0.3) is 0 Å². The number of benzene rings is 2. The molecule has 1 saturated carbocycles. The van der Waals surface area contributed by atoms with E-state index in [2.05, 4.69) is 78.2 Å². The predicted octanol–water partition coefficient (Wildman–Crippen LogP) is 4.68. The Morgan fingerprint density at radius 3 is 2.69 bits per heavy atom. The van der Waals surface area contributed by atoms with Crippen LogP contribution in [-0.2, 0) is 17.8 Å². The number of alkyl halides is 1. The Bertz CT molecular complexity index is 1620. The lowest BCUT2D eigenvalue weighted by atomic mass is 9.99. The Morgan fingerprint density at radius 2 is 1.96 bits per heavy atom. The number of fused-ring (bicyclic) bond motifs is 2. The van der Waals surface area contributed by atoms with Crippen LogP contribution in [0.25, 0.3) is 10.8 Å². The molecule has 1 amide bonds. The summed E-state index contributed by atoms with van der Waals surface area (Å²) in [5, 5.41) is 12.1. The number of ether oxygens (including phenoxy) is 1. The number of aromatic nitrogens is 2. The van der Waals surface area contributed by atoms with E-state index in [0.717, 1.165) is 49.4 Å². The minimum atomic E-state index is -0.699. The molecule has 1 aromatic heterocycles. The average Bonchev–Trinajstić information content (AvgIpc) is 3.80. The van der Waals surface area contributed by atoms with Gasteiger partial charge in [0.05, 0.1) is 37.4 Å². The Kier molecular flexibility index (Phi) is 8.90. The molecule has 9 nitrogen and oxygen atoms in total. The topological polar surface area (TPSA) is 88.8 Å². The van der Waals surface area contributed by atoms with Gasteiger partial charge in [0, 0.05) is 60.9 Å². The molecule has 3 heterocycles. The van der Waals surface area contributed by atoms with Gasteiger partial charge in [-0.05, 0) is 63.4 Å². The molecule has 236 valence electrons. The Hall–Kier alpha value is -4.23. The molecule has 3 aliphatic rings. The number of hydrogen-bond donors (Lipinski definition) is 0. The van der Waals surface area contributed by atoms with E-state index in [0.29, 0.717) is 38.8 Å². The molecule has 1 aliphatic carbocycles. The van der Waals surface area contributed by atoms with Gasteiger partial charge in [-0.15, -0.1) is 0 Å². The van der Waals surface area contributed by atoms with Crippen LogP contribution in [0.4, 0.5) is 15.9 Å². The smallest absolute Gasteiger partial charge is 0.318 e. The lowest BCUT2D eigenvalue weighted by molar-refractivity contribution is -0.128. The summed E-state index contributed by atoms with van der Waals surface area (Å²) in [6.07, 6.45) is 5.68. The lowest BCUT2D eigenvalue weighted by Gasteiger charge is -2.42. The fourth-order valence-electron chi connectivity index (χ4n) is 6.96. The van der Waals surface area contributed by atoms with Gasteiger partial charge < -0.3 is 24.3 Å². The molecule has 0 N–H and O–H groups in total. The number of carbonyl (C=O) groups is 1. The van der Waals surface area contributed by atoms with Crippen molar-refractivity contribution >= 4 is 28.2 Å². The standard InChI is InChI=1S/C35H42FN7O2/c1-25-7-4-8-26-9-5-10-30(32(25)26)41-18-13-28-29(22-41)38-34(45-24-35(14-15-35)23-40(2)3)39-33(28)42-19-20-43(27(21-42)12-17-37)31(44)11-6-16-36/h4-11,27H,12-16,18-24H2,1-3H3/b11-6+. The fourth-order valence-corrected chi connectivity index (χ4v) is 6.96. The molecule has 0 radical (unpaired) electrons. The number of amides is 1. The number of carbonyl (C=O) groups excluding carboxylic acids is 1. The number of hydrogen-bond acceptors (Lipinski definition) is 8. The molecule has 10 heteroatoms. The van der Waals surface area contributed by atoms with Gasteiger partial charge in [-0.2, -0.15) is 15.2 Å². The van der Waals surface area contributed by atoms with Crippen molar-refractivity contribution in [3.63, 3.8) is 0 Å². The fraction of sp³-hybridized carbons (Fsp3) is 0.486. The highest BCUT2D eigenvalue weighted by atomic mass is 19.1. The van der Waals surface area contributed by atoms with Crippen molar-refractivity contribution in [1.29, 1.82) is 5.26 Å². The number of allylic oxidation sites excluding steroid dienone is 1. The summed E-state index contributed by atoms with van der Waals surface area (Å²) in [6, 6.07) is 15.2. The van der Waals surface area contributed by atoms with Crippen molar-refractivity contribution in [3.05, 3.63) is 65.4 Å². The van der Waals surface area contributed by atoms with Crippen molar-refractivity contribution in [2.24, 2.45) is 5.41 Å². The molecule has 3 aromatic rings. The molecule has 6 rings (SSSR count).